The van der Waals surface area contributed by atoms with Crippen LogP contribution in [0, 0.1) is 6.92 Å². The van der Waals surface area contributed by atoms with Crippen LogP contribution in [0.5, 0.6) is 0 Å². The van der Waals surface area contributed by atoms with Crippen molar-refractivity contribution in [2.45, 2.75) is 26.9 Å². The van der Waals surface area contributed by atoms with Crippen molar-refractivity contribution >= 4 is 11.0 Å². The van der Waals surface area contributed by atoms with Crippen molar-refractivity contribution in [3.63, 3.8) is 0 Å². The first-order valence-corrected chi connectivity index (χ1v) is 6.55. The number of nitrogens with zero attached hydrogens (tertiary/aromatic N) is 5. The molecule has 0 bridgehead atoms. The fraction of sp³-hybridized carbons (Fsp3) is 0.286. The first-order chi connectivity index (χ1) is 9.70. The van der Waals surface area contributed by atoms with Gasteiger partial charge >= 0.3 is 0 Å². The summed E-state index contributed by atoms with van der Waals surface area (Å²) in [5, 5.41) is 12.5. The van der Waals surface area contributed by atoms with Crippen molar-refractivity contribution in [2.24, 2.45) is 0 Å². The van der Waals surface area contributed by atoms with Crippen molar-refractivity contribution < 1.29 is 0 Å². The average Bonchev–Trinajstić information content (AvgIpc) is 2.80. The minimum atomic E-state index is -0.152. The first-order valence-electron chi connectivity index (χ1n) is 6.55. The highest BCUT2D eigenvalue weighted by atomic mass is 16.1. The van der Waals surface area contributed by atoms with Crippen LogP contribution in [0.15, 0.2) is 35.1 Å². The number of hydrogen-bond acceptors (Lipinski definition) is 4. The molecule has 0 atom stereocenters. The second-order valence-electron chi connectivity index (χ2n) is 4.64. The smallest absolute Gasteiger partial charge is 0.265 e. The molecule has 0 amide bonds. The van der Waals surface area contributed by atoms with Crippen LogP contribution in [0.3, 0.4) is 0 Å². The van der Waals surface area contributed by atoms with Gasteiger partial charge in [-0.05, 0) is 19.4 Å². The summed E-state index contributed by atoms with van der Waals surface area (Å²) in [6.45, 7) is 4.84. The maximum Gasteiger partial charge on any atom is 0.296 e. The van der Waals surface area contributed by atoms with Crippen molar-refractivity contribution in [1.29, 1.82) is 0 Å². The van der Waals surface area contributed by atoms with Crippen LogP contribution in [0.1, 0.15) is 18.2 Å². The Morgan fingerprint density at radius 2 is 1.90 bits per heavy atom. The summed E-state index contributed by atoms with van der Waals surface area (Å²) in [7, 11) is 0. The average molecular weight is 269 g/mol. The van der Waals surface area contributed by atoms with E-state index in [1.807, 2.05) is 44.2 Å². The monoisotopic (exact) mass is 269 g/mol. The molecule has 20 heavy (non-hydrogen) atoms. The maximum atomic E-state index is 12.5. The second kappa shape index (κ2) is 4.88. The van der Waals surface area contributed by atoms with E-state index in [4.69, 9.17) is 0 Å². The zero-order valence-electron chi connectivity index (χ0n) is 11.4. The van der Waals surface area contributed by atoms with E-state index in [2.05, 4.69) is 15.4 Å². The summed E-state index contributed by atoms with van der Waals surface area (Å²) in [6.07, 6.45) is 0. The van der Waals surface area contributed by atoms with Crippen LogP contribution in [0.2, 0.25) is 0 Å². The molecule has 0 unspecified atom stereocenters. The van der Waals surface area contributed by atoms with Gasteiger partial charge in [-0.15, -0.1) is 5.10 Å². The standard InChI is InChI=1S/C14H15N5O/c1-3-18-13-12(10(2)16-18)15-17-19(14(13)20)9-11-7-5-4-6-8-11/h4-8H,3,9H2,1-2H3. The first kappa shape index (κ1) is 12.5. The van der Waals surface area contributed by atoms with Crippen molar-refractivity contribution in [3.05, 3.63) is 51.9 Å². The maximum absolute atomic E-state index is 12.5. The third kappa shape index (κ3) is 1.99. The van der Waals surface area contributed by atoms with Gasteiger partial charge in [-0.25, -0.2) is 4.68 Å². The summed E-state index contributed by atoms with van der Waals surface area (Å²) in [5.41, 5.74) is 2.71. The number of rotatable bonds is 3. The Bertz CT molecular complexity index is 804. The molecule has 0 aliphatic heterocycles. The van der Waals surface area contributed by atoms with E-state index in [1.165, 1.54) is 4.68 Å². The number of fused-ring (bicyclic) bond motifs is 1. The summed E-state index contributed by atoms with van der Waals surface area (Å²) >= 11 is 0. The third-order valence-electron chi connectivity index (χ3n) is 3.26. The second-order valence-corrected chi connectivity index (χ2v) is 4.64. The van der Waals surface area contributed by atoms with E-state index in [9.17, 15) is 4.79 Å². The molecule has 0 N–H and O–H groups in total. The fourth-order valence-electron chi connectivity index (χ4n) is 2.25. The Labute approximate surface area is 115 Å². The van der Waals surface area contributed by atoms with Gasteiger partial charge in [0.25, 0.3) is 5.56 Å². The van der Waals surface area contributed by atoms with Gasteiger partial charge in [0.15, 0.2) is 5.52 Å². The molecule has 0 radical (unpaired) electrons. The molecule has 0 spiro atoms. The highest BCUT2D eigenvalue weighted by Crippen LogP contribution is 2.10. The van der Waals surface area contributed by atoms with Crippen LogP contribution < -0.4 is 5.56 Å². The topological polar surface area (TPSA) is 65.6 Å². The van der Waals surface area contributed by atoms with Gasteiger partial charge in [0, 0.05) is 6.54 Å². The Morgan fingerprint density at radius 1 is 1.15 bits per heavy atom. The quantitative estimate of drug-likeness (QED) is 0.720. The zero-order valence-corrected chi connectivity index (χ0v) is 11.4. The molecule has 0 fully saturated rings. The number of hydrogen-bond donors (Lipinski definition) is 0. The molecule has 1 aromatic carbocycles. The van der Waals surface area contributed by atoms with Crippen LogP contribution in [-0.4, -0.2) is 24.8 Å². The number of aromatic nitrogens is 5. The van der Waals surface area contributed by atoms with Gasteiger partial charge in [-0.2, -0.15) is 5.10 Å². The molecule has 0 aliphatic rings. The predicted octanol–water partition coefficient (Wildman–Crippen LogP) is 1.36. The largest absolute Gasteiger partial charge is 0.296 e. The lowest BCUT2D eigenvalue weighted by atomic mass is 10.2. The SMILES string of the molecule is CCn1nc(C)c2nnn(Cc3ccccc3)c(=O)c21. The van der Waals surface area contributed by atoms with Gasteiger partial charge in [-0.1, -0.05) is 35.5 Å². The zero-order chi connectivity index (χ0) is 14.1. The number of aryl methyl sites for hydroxylation is 2. The lowest BCUT2D eigenvalue weighted by molar-refractivity contribution is 0.592. The summed E-state index contributed by atoms with van der Waals surface area (Å²) in [6, 6.07) is 9.73. The Balaban J connectivity index is 2.14. The molecule has 0 saturated carbocycles. The number of benzene rings is 1. The molecular weight excluding hydrogens is 254 g/mol. The van der Waals surface area contributed by atoms with E-state index >= 15 is 0 Å². The highest BCUT2D eigenvalue weighted by molar-refractivity contribution is 5.75. The van der Waals surface area contributed by atoms with Gasteiger partial charge in [-0.3, -0.25) is 9.48 Å². The van der Waals surface area contributed by atoms with Gasteiger partial charge in [0.1, 0.15) is 5.52 Å². The van der Waals surface area contributed by atoms with E-state index in [0.29, 0.717) is 24.1 Å². The van der Waals surface area contributed by atoms with E-state index in [-0.39, 0.29) is 5.56 Å². The van der Waals surface area contributed by atoms with Gasteiger partial charge in [0.05, 0.1) is 12.2 Å². The molecule has 6 heteroatoms. The minimum Gasteiger partial charge on any atom is -0.265 e. The molecule has 3 rings (SSSR count). The van der Waals surface area contributed by atoms with Crippen LogP contribution in [-0.2, 0) is 13.1 Å². The molecule has 0 saturated heterocycles. The molecule has 102 valence electrons. The summed E-state index contributed by atoms with van der Waals surface area (Å²) in [4.78, 5) is 12.5. The van der Waals surface area contributed by atoms with Crippen molar-refractivity contribution in [2.75, 3.05) is 0 Å². The highest BCUT2D eigenvalue weighted by Gasteiger charge is 2.14. The lowest BCUT2D eigenvalue weighted by Crippen LogP contribution is -2.26. The van der Waals surface area contributed by atoms with Gasteiger partial charge in [0.2, 0.25) is 0 Å². The van der Waals surface area contributed by atoms with Crippen molar-refractivity contribution in [1.82, 2.24) is 24.8 Å². The summed E-state index contributed by atoms with van der Waals surface area (Å²) in [5.74, 6) is 0. The summed E-state index contributed by atoms with van der Waals surface area (Å²) < 4.78 is 3.06. The Morgan fingerprint density at radius 3 is 2.60 bits per heavy atom. The molecule has 0 aliphatic carbocycles. The molecule has 2 heterocycles. The van der Waals surface area contributed by atoms with Crippen LogP contribution >= 0.6 is 0 Å². The molecule has 3 aromatic rings. The molecule has 2 aromatic heterocycles. The fourth-order valence-corrected chi connectivity index (χ4v) is 2.25. The Kier molecular flexibility index (Phi) is 3.06. The normalized spacial score (nSPS) is 11.1. The Hall–Kier alpha value is -2.50. The van der Waals surface area contributed by atoms with Gasteiger partial charge < -0.3 is 0 Å². The van der Waals surface area contributed by atoms with Crippen LogP contribution in [0.25, 0.3) is 11.0 Å². The van der Waals surface area contributed by atoms with E-state index in [1.54, 1.807) is 4.68 Å². The third-order valence-corrected chi connectivity index (χ3v) is 3.26. The lowest BCUT2D eigenvalue weighted by Gasteiger charge is -2.04. The van der Waals surface area contributed by atoms with Crippen LogP contribution in [0.4, 0.5) is 0 Å². The van der Waals surface area contributed by atoms with Crippen molar-refractivity contribution in [3.8, 4) is 0 Å². The van der Waals surface area contributed by atoms with E-state index in [0.717, 1.165) is 11.3 Å². The van der Waals surface area contributed by atoms with E-state index < -0.39 is 0 Å². The molecule has 6 nitrogen and oxygen atoms in total. The molecular formula is C14H15N5O. The minimum absolute atomic E-state index is 0.152. The predicted molar refractivity (Wildman–Crippen MR) is 75.5 cm³/mol.